The van der Waals surface area contributed by atoms with Crippen molar-refractivity contribution in [3.05, 3.63) is 11.7 Å². The summed E-state index contributed by atoms with van der Waals surface area (Å²) in [7, 11) is 0. The second-order valence-electron chi connectivity index (χ2n) is 2.99. The normalized spacial score (nSPS) is 11.8. The predicted molar refractivity (Wildman–Crippen MR) is 44.9 cm³/mol. The lowest BCUT2D eigenvalue weighted by atomic mass is 10.4. The average molecular weight is 238 g/mol. The first kappa shape index (κ1) is 12.6. The van der Waals surface area contributed by atoms with Crippen LogP contribution in [0.4, 0.5) is 13.2 Å². The van der Waals surface area contributed by atoms with Gasteiger partial charge in [-0.2, -0.15) is 18.2 Å². The molecule has 0 amide bonds. The molecule has 0 aromatic carbocycles. The number of halogens is 3. The molecular formula is C8H9F3N2O3. The van der Waals surface area contributed by atoms with Crippen LogP contribution in [0.3, 0.4) is 0 Å². The Bertz CT molecular complexity index is 362. The second-order valence-corrected chi connectivity index (χ2v) is 2.99. The molecule has 90 valence electrons. The first-order valence-corrected chi connectivity index (χ1v) is 4.36. The van der Waals surface area contributed by atoms with Crippen LogP contribution in [-0.4, -0.2) is 35.3 Å². The van der Waals surface area contributed by atoms with Crippen LogP contribution in [0.1, 0.15) is 23.4 Å². The summed E-state index contributed by atoms with van der Waals surface area (Å²) in [6.45, 7) is -0.252. The molecular weight excluding hydrogens is 229 g/mol. The van der Waals surface area contributed by atoms with Crippen LogP contribution >= 0.6 is 0 Å². The zero-order chi connectivity index (χ0) is 12.2. The molecule has 8 heteroatoms. The second kappa shape index (κ2) is 5.06. The molecule has 0 bridgehead atoms. The smallest absolute Gasteiger partial charge is 0.372 e. The van der Waals surface area contributed by atoms with Gasteiger partial charge in [0.1, 0.15) is 6.61 Å². The lowest BCUT2D eigenvalue weighted by Crippen LogP contribution is -2.18. The van der Waals surface area contributed by atoms with Crippen molar-refractivity contribution in [1.82, 2.24) is 10.1 Å². The minimum absolute atomic E-state index is 0.0624. The fourth-order valence-corrected chi connectivity index (χ4v) is 0.850. The summed E-state index contributed by atoms with van der Waals surface area (Å²) in [5.74, 6) is -0.409. The zero-order valence-corrected chi connectivity index (χ0v) is 8.37. The molecule has 0 saturated heterocycles. The maximum atomic E-state index is 11.7. The largest absolute Gasteiger partial charge is 0.411 e. The highest BCUT2D eigenvalue weighted by Gasteiger charge is 2.27. The van der Waals surface area contributed by atoms with Crippen molar-refractivity contribution in [3.63, 3.8) is 0 Å². The average Bonchev–Trinajstić information content (AvgIpc) is 2.59. The quantitative estimate of drug-likeness (QED) is 0.573. The van der Waals surface area contributed by atoms with Crippen molar-refractivity contribution < 1.29 is 27.2 Å². The molecule has 0 saturated carbocycles. The number of rotatable bonds is 5. The van der Waals surface area contributed by atoms with E-state index in [0.29, 0.717) is 0 Å². The molecule has 0 spiro atoms. The third-order valence-corrected chi connectivity index (χ3v) is 1.50. The van der Waals surface area contributed by atoms with Crippen LogP contribution in [0.15, 0.2) is 4.52 Å². The standard InChI is InChI=1S/C8H9F3N2O3/c1-5(14)7-12-6(13-16-7)2-3-15-4-8(9,10)11/h2-4H2,1H3. The zero-order valence-electron chi connectivity index (χ0n) is 8.37. The van der Waals surface area contributed by atoms with Gasteiger partial charge < -0.3 is 9.26 Å². The highest BCUT2D eigenvalue weighted by Crippen LogP contribution is 2.14. The van der Waals surface area contributed by atoms with Crippen molar-refractivity contribution in [3.8, 4) is 0 Å². The third-order valence-electron chi connectivity index (χ3n) is 1.50. The maximum Gasteiger partial charge on any atom is 0.411 e. The molecule has 0 aliphatic rings. The number of aromatic nitrogens is 2. The lowest BCUT2D eigenvalue weighted by Gasteiger charge is -2.05. The Balaban J connectivity index is 2.30. The van der Waals surface area contributed by atoms with Crippen molar-refractivity contribution >= 4 is 5.78 Å². The number of nitrogens with zero attached hydrogens (tertiary/aromatic N) is 2. The van der Waals surface area contributed by atoms with Crippen LogP contribution in [0.5, 0.6) is 0 Å². The molecule has 1 heterocycles. The first-order valence-electron chi connectivity index (χ1n) is 4.36. The SMILES string of the molecule is CC(=O)c1nc(CCOCC(F)(F)F)no1. The number of Topliss-reactive ketones (excluding diaryl/α,β-unsaturated/α-hetero) is 1. The van der Waals surface area contributed by atoms with Gasteiger partial charge in [-0.15, -0.1) is 0 Å². The van der Waals surface area contributed by atoms with Gasteiger partial charge >= 0.3 is 6.18 Å². The highest BCUT2D eigenvalue weighted by atomic mass is 19.4. The van der Waals surface area contributed by atoms with Crippen molar-refractivity contribution in [2.24, 2.45) is 0 Å². The molecule has 5 nitrogen and oxygen atoms in total. The topological polar surface area (TPSA) is 65.2 Å². The summed E-state index contributed by atoms with van der Waals surface area (Å²) in [4.78, 5) is 14.4. The molecule has 1 aromatic heterocycles. The van der Waals surface area contributed by atoms with E-state index in [-0.39, 0.29) is 24.7 Å². The molecule has 0 fully saturated rings. The summed E-state index contributed by atoms with van der Waals surface area (Å²) < 4.78 is 43.9. The van der Waals surface area contributed by atoms with Crippen molar-refractivity contribution in [1.29, 1.82) is 0 Å². The summed E-state index contributed by atoms with van der Waals surface area (Å²) >= 11 is 0. The number of hydrogen-bond acceptors (Lipinski definition) is 5. The summed E-state index contributed by atoms with van der Waals surface area (Å²) in [5, 5.41) is 3.40. The van der Waals surface area contributed by atoms with Gasteiger partial charge in [0.15, 0.2) is 5.82 Å². The molecule has 1 rings (SSSR count). The van der Waals surface area contributed by atoms with Gasteiger partial charge in [0, 0.05) is 13.3 Å². The van der Waals surface area contributed by atoms with E-state index in [9.17, 15) is 18.0 Å². The van der Waals surface area contributed by atoms with E-state index in [4.69, 9.17) is 0 Å². The van der Waals surface area contributed by atoms with Gasteiger partial charge in [0.05, 0.1) is 6.61 Å². The van der Waals surface area contributed by atoms with Crippen LogP contribution < -0.4 is 0 Å². The molecule has 0 unspecified atom stereocenters. The van der Waals surface area contributed by atoms with Gasteiger partial charge in [-0.3, -0.25) is 4.79 Å². The van der Waals surface area contributed by atoms with Crippen molar-refractivity contribution in [2.75, 3.05) is 13.2 Å². The molecule has 0 atom stereocenters. The Morgan fingerprint density at radius 3 is 2.69 bits per heavy atom. The Kier molecular flexibility index (Phi) is 3.99. The van der Waals surface area contributed by atoms with E-state index in [1.54, 1.807) is 0 Å². The van der Waals surface area contributed by atoms with Crippen LogP contribution in [0.2, 0.25) is 0 Å². The molecule has 16 heavy (non-hydrogen) atoms. The van der Waals surface area contributed by atoms with Gasteiger partial charge in [0.25, 0.3) is 5.89 Å². The molecule has 0 radical (unpaired) electrons. The predicted octanol–water partition coefficient (Wildman–Crippen LogP) is 1.39. The number of ether oxygens (including phenoxy) is 1. The van der Waals surface area contributed by atoms with Gasteiger partial charge in [0.2, 0.25) is 5.78 Å². The van der Waals surface area contributed by atoms with Crippen LogP contribution in [-0.2, 0) is 11.2 Å². The number of hydrogen-bond donors (Lipinski definition) is 0. The van der Waals surface area contributed by atoms with E-state index in [0.717, 1.165) is 0 Å². The number of alkyl halides is 3. The first-order chi connectivity index (χ1) is 7.38. The molecule has 0 aliphatic carbocycles. The third kappa shape index (κ3) is 4.39. The molecule has 0 N–H and O–H groups in total. The molecule has 1 aromatic rings. The Labute approximate surface area is 88.6 Å². The van der Waals surface area contributed by atoms with Crippen LogP contribution in [0, 0.1) is 0 Å². The van der Waals surface area contributed by atoms with Crippen LogP contribution in [0.25, 0.3) is 0 Å². The Hall–Kier alpha value is -1.44. The molecule has 0 aliphatic heterocycles. The Morgan fingerprint density at radius 1 is 1.50 bits per heavy atom. The summed E-state index contributed by atoms with van der Waals surface area (Å²) in [5.41, 5.74) is 0. The van der Waals surface area contributed by atoms with Gasteiger partial charge in [-0.05, 0) is 0 Å². The number of carbonyl (C=O) groups is 1. The lowest BCUT2D eigenvalue weighted by molar-refractivity contribution is -0.173. The maximum absolute atomic E-state index is 11.7. The summed E-state index contributed by atoms with van der Waals surface area (Å²) in [6, 6.07) is 0. The fraction of sp³-hybridized carbons (Fsp3) is 0.625. The van der Waals surface area contributed by atoms with Gasteiger partial charge in [-0.25, -0.2) is 0 Å². The van der Waals surface area contributed by atoms with Gasteiger partial charge in [-0.1, -0.05) is 5.16 Å². The highest BCUT2D eigenvalue weighted by molar-refractivity contribution is 5.89. The number of ketones is 1. The summed E-state index contributed by atoms with van der Waals surface area (Å²) in [6.07, 6.45) is -4.28. The van der Waals surface area contributed by atoms with E-state index >= 15 is 0 Å². The minimum atomic E-state index is -4.35. The van der Waals surface area contributed by atoms with E-state index in [1.807, 2.05) is 0 Å². The van der Waals surface area contributed by atoms with E-state index < -0.39 is 18.6 Å². The van der Waals surface area contributed by atoms with Crippen molar-refractivity contribution in [2.45, 2.75) is 19.5 Å². The Morgan fingerprint density at radius 2 is 2.19 bits per heavy atom. The van der Waals surface area contributed by atoms with E-state index in [2.05, 4.69) is 19.4 Å². The number of carbonyl (C=O) groups excluding carboxylic acids is 1. The fourth-order valence-electron chi connectivity index (χ4n) is 0.850. The minimum Gasteiger partial charge on any atom is -0.372 e. The van der Waals surface area contributed by atoms with E-state index in [1.165, 1.54) is 6.92 Å². The monoisotopic (exact) mass is 238 g/mol.